The van der Waals surface area contributed by atoms with Crippen LogP contribution in [-0.4, -0.2) is 46.6 Å². The van der Waals surface area contributed by atoms with Gasteiger partial charge < -0.3 is 24.9 Å². The summed E-state index contributed by atoms with van der Waals surface area (Å²) in [6.07, 6.45) is 1.15. The molecule has 0 saturated carbocycles. The van der Waals surface area contributed by atoms with Gasteiger partial charge in [0.1, 0.15) is 5.82 Å². The average molecular weight is 304 g/mol. The van der Waals surface area contributed by atoms with E-state index in [-0.39, 0.29) is 0 Å². The highest BCUT2D eigenvalue weighted by Gasteiger charge is 2.14. The smallest absolute Gasteiger partial charge is 0.228 e. The van der Waals surface area contributed by atoms with Crippen LogP contribution in [0.1, 0.15) is 0 Å². The monoisotopic (exact) mass is 304 g/mol. The quantitative estimate of drug-likeness (QED) is 0.648. The number of ether oxygens (including phenoxy) is 2. The summed E-state index contributed by atoms with van der Waals surface area (Å²) >= 11 is 0. The first kappa shape index (κ1) is 14.3. The normalized spacial score (nSPS) is 11.4. The molecule has 116 valence electrons. The lowest BCUT2D eigenvalue weighted by Gasteiger charge is -2.14. The van der Waals surface area contributed by atoms with E-state index in [1.54, 1.807) is 43.2 Å². The lowest BCUT2D eigenvalue weighted by atomic mass is 10.4. The second kappa shape index (κ2) is 6.00. The zero-order chi connectivity index (χ0) is 15.5. The van der Waals surface area contributed by atoms with Gasteiger partial charge in [-0.1, -0.05) is 0 Å². The number of nitrogen functional groups attached to an aromatic ring is 1. The topological polar surface area (TPSA) is 113 Å². The summed E-state index contributed by atoms with van der Waals surface area (Å²) in [5.41, 5.74) is 6.37. The molecule has 0 atom stereocenters. The molecular formula is C13H16N6O3. The number of fused-ring (bicyclic) bond motifs is 1. The number of aromatic nitrogens is 4. The van der Waals surface area contributed by atoms with Gasteiger partial charge in [0.05, 0.1) is 12.8 Å². The molecule has 0 aliphatic carbocycles. The van der Waals surface area contributed by atoms with Crippen molar-refractivity contribution in [1.82, 2.24) is 19.6 Å². The van der Waals surface area contributed by atoms with Crippen LogP contribution in [0, 0.1) is 0 Å². The van der Waals surface area contributed by atoms with Crippen molar-refractivity contribution >= 4 is 17.4 Å². The van der Waals surface area contributed by atoms with Crippen molar-refractivity contribution in [2.75, 3.05) is 31.8 Å². The summed E-state index contributed by atoms with van der Waals surface area (Å²) in [6.45, 7) is 0.383. The second-order valence-electron chi connectivity index (χ2n) is 4.47. The number of rotatable bonds is 6. The molecule has 3 rings (SSSR count). The fraction of sp³-hybridized carbons (Fsp3) is 0.308. The Balaban J connectivity index is 1.95. The SMILES string of the molecule is COC(CNc1nc(N)cc2nc(-c3ccco3)nn12)OC. The summed E-state index contributed by atoms with van der Waals surface area (Å²) in [5, 5.41) is 7.45. The van der Waals surface area contributed by atoms with Gasteiger partial charge in [0.2, 0.25) is 11.8 Å². The Bertz CT molecular complexity index is 751. The fourth-order valence-corrected chi connectivity index (χ4v) is 1.97. The summed E-state index contributed by atoms with van der Waals surface area (Å²) in [7, 11) is 3.12. The van der Waals surface area contributed by atoms with Gasteiger partial charge in [-0.2, -0.15) is 9.50 Å². The van der Waals surface area contributed by atoms with Crippen molar-refractivity contribution in [3.8, 4) is 11.6 Å². The van der Waals surface area contributed by atoms with Gasteiger partial charge in [-0.25, -0.2) is 4.98 Å². The van der Waals surface area contributed by atoms with E-state index in [2.05, 4.69) is 20.4 Å². The van der Waals surface area contributed by atoms with Crippen LogP contribution in [0.25, 0.3) is 17.2 Å². The first-order chi connectivity index (χ1) is 10.7. The molecule has 3 aromatic rings. The Morgan fingerprint density at radius 3 is 2.86 bits per heavy atom. The molecule has 0 aromatic carbocycles. The molecule has 0 radical (unpaired) electrons. The van der Waals surface area contributed by atoms with Gasteiger partial charge in [-0.05, 0) is 12.1 Å². The molecule has 0 unspecified atom stereocenters. The van der Waals surface area contributed by atoms with Crippen LogP contribution in [-0.2, 0) is 9.47 Å². The number of nitrogens with one attached hydrogen (secondary N) is 1. The minimum Gasteiger partial charge on any atom is -0.461 e. The molecule has 3 heterocycles. The zero-order valence-corrected chi connectivity index (χ0v) is 12.2. The average Bonchev–Trinajstić information content (AvgIpc) is 3.16. The maximum atomic E-state index is 5.81. The van der Waals surface area contributed by atoms with Crippen molar-refractivity contribution in [3.05, 3.63) is 24.5 Å². The molecular weight excluding hydrogens is 288 g/mol. The third-order valence-electron chi connectivity index (χ3n) is 3.04. The largest absolute Gasteiger partial charge is 0.461 e. The number of anilines is 2. The molecule has 0 bridgehead atoms. The van der Waals surface area contributed by atoms with Crippen LogP contribution >= 0.6 is 0 Å². The van der Waals surface area contributed by atoms with Crippen LogP contribution in [0.2, 0.25) is 0 Å². The summed E-state index contributed by atoms with van der Waals surface area (Å²) in [4.78, 5) is 8.60. The van der Waals surface area contributed by atoms with Gasteiger partial charge in [0, 0.05) is 20.3 Å². The van der Waals surface area contributed by atoms with E-state index in [1.165, 1.54) is 0 Å². The van der Waals surface area contributed by atoms with E-state index in [0.717, 1.165) is 0 Å². The van der Waals surface area contributed by atoms with E-state index >= 15 is 0 Å². The number of furan rings is 1. The number of hydrogen-bond acceptors (Lipinski definition) is 8. The summed E-state index contributed by atoms with van der Waals surface area (Å²) in [6, 6.07) is 5.19. The maximum absolute atomic E-state index is 5.81. The minimum atomic E-state index is -0.411. The summed E-state index contributed by atoms with van der Waals surface area (Å²) < 4.78 is 17.1. The number of hydrogen-bond donors (Lipinski definition) is 2. The fourth-order valence-electron chi connectivity index (χ4n) is 1.97. The number of methoxy groups -OCH3 is 2. The van der Waals surface area contributed by atoms with Crippen LogP contribution < -0.4 is 11.1 Å². The molecule has 0 spiro atoms. The van der Waals surface area contributed by atoms with Crippen LogP contribution in [0.3, 0.4) is 0 Å². The minimum absolute atomic E-state index is 0.333. The molecule has 0 fully saturated rings. The van der Waals surface area contributed by atoms with Crippen molar-refractivity contribution in [2.45, 2.75) is 6.29 Å². The van der Waals surface area contributed by atoms with Crippen molar-refractivity contribution in [1.29, 1.82) is 0 Å². The van der Waals surface area contributed by atoms with Crippen LogP contribution in [0.4, 0.5) is 11.8 Å². The molecule has 9 nitrogen and oxygen atoms in total. The predicted molar refractivity (Wildman–Crippen MR) is 79.2 cm³/mol. The Morgan fingerprint density at radius 1 is 1.36 bits per heavy atom. The third kappa shape index (κ3) is 2.71. The Kier molecular flexibility index (Phi) is 3.90. The zero-order valence-electron chi connectivity index (χ0n) is 12.2. The Hall–Kier alpha value is -2.65. The lowest BCUT2D eigenvalue weighted by molar-refractivity contribution is -0.0915. The van der Waals surface area contributed by atoms with E-state index in [0.29, 0.717) is 35.5 Å². The third-order valence-corrected chi connectivity index (χ3v) is 3.04. The van der Waals surface area contributed by atoms with Crippen molar-refractivity contribution < 1.29 is 13.9 Å². The van der Waals surface area contributed by atoms with Crippen LogP contribution in [0.5, 0.6) is 0 Å². The first-order valence-electron chi connectivity index (χ1n) is 6.58. The predicted octanol–water partition coefficient (Wildman–Crippen LogP) is 0.997. The first-order valence-corrected chi connectivity index (χ1v) is 6.58. The van der Waals surface area contributed by atoms with Crippen LogP contribution in [0.15, 0.2) is 28.9 Å². The standard InChI is InChI=1S/C13H16N6O3/c1-20-11(21-2)7-15-13-16-9(14)6-10-17-12(18-19(10)13)8-4-3-5-22-8/h3-6,11H,7,14H2,1-2H3,(H,15,16). The van der Waals surface area contributed by atoms with Crippen molar-refractivity contribution in [2.24, 2.45) is 0 Å². The van der Waals surface area contributed by atoms with Gasteiger partial charge in [0.25, 0.3) is 0 Å². The number of nitrogens with zero attached hydrogens (tertiary/aromatic N) is 4. The molecule has 3 N–H and O–H groups in total. The Morgan fingerprint density at radius 2 is 2.18 bits per heavy atom. The highest BCUT2D eigenvalue weighted by Crippen LogP contribution is 2.19. The highest BCUT2D eigenvalue weighted by molar-refractivity contribution is 5.58. The molecule has 0 aliphatic rings. The van der Waals surface area contributed by atoms with Gasteiger partial charge in [-0.15, -0.1) is 5.10 Å². The Labute approximate surface area is 126 Å². The molecule has 0 saturated heterocycles. The van der Waals surface area contributed by atoms with Gasteiger partial charge >= 0.3 is 0 Å². The molecule has 0 aliphatic heterocycles. The highest BCUT2D eigenvalue weighted by atomic mass is 16.7. The van der Waals surface area contributed by atoms with E-state index < -0.39 is 6.29 Å². The number of nitrogens with two attached hydrogens (primary N) is 1. The van der Waals surface area contributed by atoms with Gasteiger partial charge in [0.15, 0.2) is 17.7 Å². The van der Waals surface area contributed by atoms with E-state index in [4.69, 9.17) is 19.6 Å². The lowest BCUT2D eigenvalue weighted by Crippen LogP contribution is -2.25. The van der Waals surface area contributed by atoms with E-state index in [1.807, 2.05) is 0 Å². The maximum Gasteiger partial charge on any atom is 0.228 e. The van der Waals surface area contributed by atoms with Crippen molar-refractivity contribution in [3.63, 3.8) is 0 Å². The molecule has 3 aromatic heterocycles. The second-order valence-corrected chi connectivity index (χ2v) is 4.47. The summed E-state index contributed by atoms with van der Waals surface area (Å²) in [5.74, 6) is 1.80. The molecule has 0 amide bonds. The van der Waals surface area contributed by atoms with E-state index in [9.17, 15) is 0 Å². The molecule has 22 heavy (non-hydrogen) atoms. The van der Waals surface area contributed by atoms with Gasteiger partial charge in [-0.3, -0.25) is 0 Å². The molecule has 9 heteroatoms.